The first kappa shape index (κ1) is 14.4. The lowest BCUT2D eigenvalue weighted by Crippen LogP contribution is -2.15. The highest BCUT2D eigenvalue weighted by Gasteiger charge is 2.13. The van der Waals surface area contributed by atoms with Crippen LogP contribution in [0.15, 0.2) is 30.3 Å². The summed E-state index contributed by atoms with van der Waals surface area (Å²) in [6.07, 6.45) is 0. The number of nitrogens with one attached hydrogen (secondary N) is 1. The summed E-state index contributed by atoms with van der Waals surface area (Å²) >= 11 is 5.90. The van der Waals surface area contributed by atoms with Crippen LogP contribution < -0.4 is 11.1 Å². The summed E-state index contributed by atoms with van der Waals surface area (Å²) in [5.41, 5.74) is 10.6. The average Bonchev–Trinajstić information content (AvgIpc) is 2.39. The summed E-state index contributed by atoms with van der Waals surface area (Å²) in [5.74, 6) is -0.157. The number of hydrogen-bond donors (Lipinski definition) is 2. The molecule has 0 bridgehead atoms. The van der Waals surface area contributed by atoms with Crippen molar-refractivity contribution < 1.29 is 4.79 Å². The first-order valence-electron chi connectivity index (χ1n) is 6.33. The van der Waals surface area contributed by atoms with Crippen LogP contribution in [-0.4, -0.2) is 5.91 Å². The minimum Gasteiger partial charge on any atom is -0.398 e. The molecular formula is C16H17ClN2O. The van der Waals surface area contributed by atoms with E-state index in [1.165, 1.54) is 0 Å². The maximum Gasteiger partial charge on any atom is 0.255 e. The monoisotopic (exact) mass is 288 g/mol. The van der Waals surface area contributed by atoms with Crippen LogP contribution in [0.2, 0.25) is 5.02 Å². The van der Waals surface area contributed by atoms with E-state index in [0.717, 1.165) is 22.4 Å². The van der Waals surface area contributed by atoms with E-state index in [0.29, 0.717) is 16.3 Å². The summed E-state index contributed by atoms with van der Waals surface area (Å²) < 4.78 is 0. The van der Waals surface area contributed by atoms with Gasteiger partial charge in [0.1, 0.15) is 0 Å². The first-order valence-corrected chi connectivity index (χ1v) is 6.71. The zero-order valence-electron chi connectivity index (χ0n) is 11.8. The highest BCUT2D eigenvalue weighted by molar-refractivity contribution is 6.30. The van der Waals surface area contributed by atoms with Gasteiger partial charge in [-0.2, -0.15) is 0 Å². The fraction of sp³-hybridized carbons (Fsp3) is 0.188. The van der Waals surface area contributed by atoms with Gasteiger partial charge in [-0.1, -0.05) is 17.7 Å². The lowest BCUT2D eigenvalue weighted by molar-refractivity contribution is 0.102. The van der Waals surface area contributed by atoms with E-state index in [9.17, 15) is 4.79 Å². The van der Waals surface area contributed by atoms with Crippen LogP contribution in [0, 0.1) is 20.8 Å². The van der Waals surface area contributed by atoms with Gasteiger partial charge in [0.05, 0.1) is 0 Å². The number of benzene rings is 2. The molecule has 0 heterocycles. The topological polar surface area (TPSA) is 55.1 Å². The molecule has 2 rings (SSSR count). The molecule has 0 saturated heterocycles. The zero-order chi connectivity index (χ0) is 14.9. The highest BCUT2D eigenvalue weighted by Crippen LogP contribution is 2.26. The molecule has 0 saturated carbocycles. The third-order valence-corrected chi connectivity index (χ3v) is 3.62. The molecule has 0 aromatic heterocycles. The first-order chi connectivity index (χ1) is 9.40. The lowest BCUT2D eigenvalue weighted by Gasteiger charge is -2.14. The van der Waals surface area contributed by atoms with Gasteiger partial charge in [-0.15, -0.1) is 0 Å². The Morgan fingerprint density at radius 3 is 2.45 bits per heavy atom. The second-order valence-electron chi connectivity index (χ2n) is 4.89. The Morgan fingerprint density at radius 2 is 1.80 bits per heavy atom. The molecule has 3 nitrogen and oxygen atoms in total. The SMILES string of the molecule is Cc1cc(Cl)ccc1C(=O)Nc1c(C)ccc(N)c1C. The molecule has 2 aromatic rings. The second kappa shape index (κ2) is 5.55. The fourth-order valence-corrected chi connectivity index (χ4v) is 2.34. The largest absolute Gasteiger partial charge is 0.398 e. The van der Waals surface area contributed by atoms with Crippen molar-refractivity contribution in [2.24, 2.45) is 0 Å². The fourth-order valence-electron chi connectivity index (χ4n) is 2.12. The number of anilines is 2. The number of carbonyl (C=O) groups is 1. The van der Waals surface area contributed by atoms with Crippen LogP contribution in [0.1, 0.15) is 27.0 Å². The molecule has 1 amide bonds. The summed E-state index contributed by atoms with van der Waals surface area (Å²) in [4.78, 5) is 12.4. The van der Waals surface area contributed by atoms with Crippen molar-refractivity contribution >= 4 is 28.9 Å². The molecule has 104 valence electrons. The molecule has 20 heavy (non-hydrogen) atoms. The van der Waals surface area contributed by atoms with Crippen molar-refractivity contribution in [1.82, 2.24) is 0 Å². The standard InChI is InChI=1S/C16H17ClN2O/c1-9-4-7-14(18)11(3)15(9)19-16(20)13-6-5-12(17)8-10(13)2/h4-8H,18H2,1-3H3,(H,19,20). The van der Waals surface area contributed by atoms with Crippen molar-refractivity contribution in [1.29, 1.82) is 0 Å². The number of carbonyl (C=O) groups excluding carboxylic acids is 1. The summed E-state index contributed by atoms with van der Waals surface area (Å²) in [5, 5.41) is 3.55. The van der Waals surface area contributed by atoms with Crippen molar-refractivity contribution in [3.63, 3.8) is 0 Å². The maximum absolute atomic E-state index is 12.4. The molecule has 0 atom stereocenters. The summed E-state index contributed by atoms with van der Waals surface area (Å²) in [6.45, 7) is 5.70. The number of halogens is 1. The Balaban J connectivity index is 2.35. The molecule has 2 aromatic carbocycles. The van der Waals surface area contributed by atoms with Gasteiger partial charge in [0.25, 0.3) is 5.91 Å². The maximum atomic E-state index is 12.4. The summed E-state index contributed by atoms with van der Waals surface area (Å²) in [6, 6.07) is 8.95. The van der Waals surface area contributed by atoms with Gasteiger partial charge >= 0.3 is 0 Å². The number of rotatable bonds is 2. The van der Waals surface area contributed by atoms with Crippen LogP contribution in [0.5, 0.6) is 0 Å². The molecule has 0 fully saturated rings. The Morgan fingerprint density at radius 1 is 1.10 bits per heavy atom. The Hall–Kier alpha value is -2.00. The van der Waals surface area contributed by atoms with Crippen LogP contribution in [0.3, 0.4) is 0 Å². The number of hydrogen-bond acceptors (Lipinski definition) is 2. The van der Waals surface area contributed by atoms with Crippen LogP contribution >= 0.6 is 11.6 Å². The van der Waals surface area contributed by atoms with E-state index in [1.807, 2.05) is 32.9 Å². The predicted octanol–water partition coefficient (Wildman–Crippen LogP) is 4.10. The third kappa shape index (κ3) is 2.78. The van der Waals surface area contributed by atoms with Gasteiger partial charge in [-0.25, -0.2) is 0 Å². The van der Waals surface area contributed by atoms with Gasteiger partial charge in [0.15, 0.2) is 0 Å². The van der Waals surface area contributed by atoms with Crippen LogP contribution in [0.25, 0.3) is 0 Å². The molecular weight excluding hydrogens is 272 g/mol. The zero-order valence-corrected chi connectivity index (χ0v) is 12.5. The molecule has 0 aliphatic rings. The third-order valence-electron chi connectivity index (χ3n) is 3.39. The van der Waals surface area contributed by atoms with Crippen molar-refractivity contribution in [2.45, 2.75) is 20.8 Å². The molecule has 0 radical (unpaired) electrons. The lowest BCUT2D eigenvalue weighted by atomic mass is 10.0. The highest BCUT2D eigenvalue weighted by atomic mass is 35.5. The van der Waals surface area contributed by atoms with E-state index in [-0.39, 0.29) is 5.91 Å². The van der Waals surface area contributed by atoms with Crippen molar-refractivity contribution in [3.05, 3.63) is 57.6 Å². The molecule has 4 heteroatoms. The molecule has 0 aliphatic heterocycles. The average molecular weight is 289 g/mol. The quantitative estimate of drug-likeness (QED) is 0.818. The summed E-state index contributed by atoms with van der Waals surface area (Å²) in [7, 11) is 0. The second-order valence-corrected chi connectivity index (χ2v) is 5.32. The molecule has 0 unspecified atom stereocenters. The minimum atomic E-state index is -0.157. The van der Waals surface area contributed by atoms with Crippen molar-refractivity contribution in [2.75, 3.05) is 11.1 Å². The van der Waals surface area contributed by atoms with Gasteiger partial charge in [-0.05, 0) is 61.7 Å². The number of amides is 1. The molecule has 3 N–H and O–H groups in total. The van der Waals surface area contributed by atoms with Gasteiger partial charge < -0.3 is 11.1 Å². The molecule has 0 spiro atoms. The van der Waals surface area contributed by atoms with Gasteiger partial charge in [0.2, 0.25) is 0 Å². The van der Waals surface area contributed by atoms with E-state index >= 15 is 0 Å². The number of aryl methyl sites for hydroxylation is 2. The van der Waals surface area contributed by atoms with E-state index < -0.39 is 0 Å². The smallest absolute Gasteiger partial charge is 0.255 e. The predicted molar refractivity (Wildman–Crippen MR) is 84.5 cm³/mol. The Labute approximate surface area is 123 Å². The van der Waals surface area contributed by atoms with Gasteiger partial charge in [-0.3, -0.25) is 4.79 Å². The Kier molecular flexibility index (Phi) is 4.00. The minimum absolute atomic E-state index is 0.157. The van der Waals surface area contributed by atoms with Crippen LogP contribution in [0.4, 0.5) is 11.4 Å². The Bertz CT molecular complexity index is 680. The van der Waals surface area contributed by atoms with Crippen LogP contribution in [-0.2, 0) is 0 Å². The number of nitrogen functional groups attached to an aromatic ring is 1. The van der Waals surface area contributed by atoms with E-state index in [1.54, 1.807) is 18.2 Å². The van der Waals surface area contributed by atoms with E-state index in [2.05, 4.69) is 5.32 Å². The van der Waals surface area contributed by atoms with Crippen molar-refractivity contribution in [3.8, 4) is 0 Å². The normalized spacial score (nSPS) is 10.4. The number of nitrogens with two attached hydrogens (primary N) is 1. The molecule has 0 aliphatic carbocycles. The van der Waals surface area contributed by atoms with E-state index in [4.69, 9.17) is 17.3 Å². The van der Waals surface area contributed by atoms with Gasteiger partial charge in [0, 0.05) is 22.0 Å².